The molecule has 3 nitrogen and oxygen atoms in total. The molecule has 0 radical (unpaired) electrons. The lowest BCUT2D eigenvalue weighted by Crippen LogP contribution is -2.41. The first-order valence-electron chi connectivity index (χ1n) is 7.82. The number of halogens is 2. The van der Waals surface area contributed by atoms with Gasteiger partial charge in [0.2, 0.25) is 0 Å². The van der Waals surface area contributed by atoms with E-state index in [2.05, 4.69) is 22.4 Å². The molecule has 1 fully saturated rings. The van der Waals surface area contributed by atoms with Gasteiger partial charge in [0.15, 0.2) is 0 Å². The van der Waals surface area contributed by atoms with Crippen LogP contribution in [0.2, 0.25) is 10.2 Å². The fourth-order valence-corrected chi connectivity index (χ4v) is 3.55. The van der Waals surface area contributed by atoms with E-state index in [0.29, 0.717) is 11.5 Å². The standard InChI is InChI=1S/C18H18Cl2N2O/c19-13-9-7-12(8-10-13)14-4-1-2-6-16(14)22-18(23)15-5-3-11-21-17(15)20/h3,5,7-11,14,16H,1-2,4,6H2,(H,22,23)/t14-,16+/m1/s1. The summed E-state index contributed by atoms with van der Waals surface area (Å²) in [4.78, 5) is 16.5. The Morgan fingerprint density at radius 2 is 1.83 bits per heavy atom. The fourth-order valence-electron chi connectivity index (χ4n) is 3.21. The molecule has 1 amide bonds. The summed E-state index contributed by atoms with van der Waals surface area (Å²) >= 11 is 12.0. The van der Waals surface area contributed by atoms with Crippen molar-refractivity contribution < 1.29 is 4.79 Å². The van der Waals surface area contributed by atoms with E-state index in [1.807, 2.05) is 12.1 Å². The van der Waals surface area contributed by atoms with Crippen LogP contribution in [0.1, 0.15) is 47.5 Å². The molecule has 1 aromatic heterocycles. The minimum atomic E-state index is -0.158. The summed E-state index contributed by atoms with van der Waals surface area (Å²) in [6.45, 7) is 0. The molecule has 3 rings (SSSR count). The van der Waals surface area contributed by atoms with Crippen molar-refractivity contribution in [1.29, 1.82) is 0 Å². The second kappa shape index (κ2) is 7.33. The van der Waals surface area contributed by atoms with Gasteiger partial charge in [-0.15, -0.1) is 0 Å². The first-order valence-corrected chi connectivity index (χ1v) is 8.57. The Morgan fingerprint density at radius 1 is 1.09 bits per heavy atom. The van der Waals surface area contributed by atoms with Crippen LogP contribution in [0.5, 0.6) is 0 Å². The van der Waals surface area contributed by atoms with Crippen molar-refractivity contribution in [1.82, 2.24) is 10.3 Å². The lowest BCUT2D eigenvalue weighted by atomic mass is 9.80. The first kappa shape index (κ1) is 16.3. The van der Waals surface area contributed by atoms with Crippen molar-refractivity contribution in [2.45, 2.75) is 37.6 Å². The lowest BCUT2D eigenvalue weighted by molar-refractivity contribution is 0.0920. The van der Waals surface area contributed by atoms with Crippen LogP contribution < -0.4 is 5.32 Å². The third-order valence-electron chi connectivity index (χ3n) is 4.38. The number of nitrogens with one attached hydrogen (secondary N) is 1. The lowest BCUT2D eigenvalue weighted by Gasteiger charge is -2.32. The second-order valence-electron chi connectivity index (χ2n) is 5.86. The first-order chi connectivity index (χ1) is 11.1. The van der Waals surface area contributed by atoms with E-state index in [4.69, 9.17) is 23.2 Å². The molecule has 1 aliphatic carbocycles. The molecule has 1 saturated carbocycles. The van der Waals surface area contributed by atoms with Crippen molar-refractivity contribution >= 4 is 29.1 Å². The molecule has 2 aromatic rings. The highest BCUT2D eigenvalue weighted by Gasteiger charge is 2.28. The number of carbonyl (C=O) groups excluding carboxylic acids is 1. The number of hydrogen-bond acceptors (Lipinski definition) is 2. The van der Waals surface area contributed by atoms with Crippen LogP contribution in [0.4, 0.5) is 0 Å². The van der Waals surface area contributed by atoms with Crippen LogP contribution in [-0.4, -0.2) is 16.9 Å². The quantitative estimate of drug-likeness (QED) is 0.806. The van der Waals surface area contributed by atoms with Gasteiger partial charge in [-0.1, -0.05) is 48.2 Å². The second-order valence-corrected chi connectivity index (χ2v) is 6.66. The predicted molar refractivity (Wildman–Crippen MR) is 93.2 cm³/mol. The number of pyridine rings is 1. The van der Waals surface area contributed by atoms with E-state index in [0.717, 1.165) is 24.3 Å². The molecule has 2 atom stereocenters. The van der Waals surface area contributed by atoms with Crippen LogP contribution in [0.15, 0.2) is 42.6 Å². The zero-order valence-electron chi connectivity index (χ0n) is 12.6. The Morgan fingerprint density at radius 3 is 2.57 bits per heavy atom. The number of rotatable bonds is 3. The van der Waals surface area contributed by atoms with Crippen molar-refractivity contribution in [3.05, 3.63) is 63.9 Å². The highest BCUT2D eigenvalue weighted by Crippen LogP contribution is 2.34. The van der Waals surface area contributed by atoms with Gasteiger partial charge in [-0.2, -0.15) is 0 Å². The van der Waals surface area contributed by atoms with Crippen LogP contribution in [0, 0.1) is 0 Å². The van der Waals surface area contributed by atoms with Gasteiger partial charge in [0.1, 0.15) is 5.15 Å². The average molecular weight is 349 g/mol. The number of amides is 1. The third kappa shape index (κ3) is 3.85. The van der Waals surface area contributed by atoms with E-state index in [1.54, 1.807) is 18.3 Å². The smallest absolute Gasteiger partial charge is 0.254 e. The van der Waals surface area contributed by atoms with E-state index < -0.39 is 0 Å². The summed E-state index contributed by atoms with van der Waals surface area (Å²) in [5.74, 6) is 0.148. The molecule has 5 heteroatoms. The van der Waals surface area contributed by atoms with Gasteiger partial charge in [0.05, 0.1) is 5.56 Å². The summed E-state index contributed by atoms with van der Waals surface area (Å²) in [7, 11) is 0. The Hall–Kier alpha value is -1.58. The molecule has 120 valence electrons. The fraction of sp³-hybridized carbons (Fsp3) is 0.333. The summed E-state index contributed by atoms with van der Waals surface area (Å²) in [6.07, 6.45) is 5.91. The Kier molecular flexibility index (Phi) is 5.19. The van der Waals surface area contributed by atoms with E-state index in [-0.39, 0.29) is 17.1 Å². The third-order valence-corrected chi connectivity index (χ3v) is 4.94. The Labute approximate surface area is 146 Å². The van der Waals surface area contributed by atoms with Gasteiger partial charge in [-0.3, -0.25) is 4.79 Å². The molecule has 1 aliphatic rings. The predicted octanol–water partition coefficient (Wildman–Crippen LogP) is 4.84. The Balaban J connectivity index is 1.78. The molecule has 0 saturated heterocycles. The largest absolute Gasteiger partial charge is 0.349 e. The molecule has 1 N–H and O–H groups in total. The monoisotopic (exact) mass is 348 g/mol. The average Bonchev–Trinajstić information content (AvgIpc) is 2.56. The van der Waals surface area contributed by atoms with Crippen LogP contribution in [0.3, 0.4) is 0 Å². The van der Waals surface area contributed by atoms with Crippen LogP contribution in [0.25, 0.3) is 0 Å². The van der Waals surface area contributed by atoms with Gasteiger partial charge in [0, 0.05) is 23.2 Å². The normalized spacial score (nSPS) is 21.0. The van der Waals surface area contributed by atoms with Crippen molar-refractivity contribution in [2.24, 2.45) is 0 Å². The zero-order chi connectivity index (χ0) is 16.2. The highest BCUT2D eigenvalue weighted by atomic mass is 35.5. The molecular weight excluding hydrogens is 331 g/mol. The van der Waals surface area contributed by atoms with Gasteiger partial charge in [-0.05, 0) is 42.7 Å². The summed E-state index contributed by atoms with van der Waals surface area (Å²) in [5, 5.41) is 4.11. The number of carbonyl (C=O) groups is 1. The minimum Gasteiger partial charge on any atom is -0.349 e. The molecular formula is C18H18Cl2N2O. The topological polar surface area (TPSA) is 42.0 Å². The molecule has 1 aromatic carbocycles. The van der Waals surface area contributed by atoms with Gasteiger partial charge in [-0.25, -0.2) is 4.98 Å². The van der Waals surface area contributed by atoms with E-state index in [1.165, 1.54) is 12.0 Å². The van der Waals surface area contributed by atoms with Crippen molar-refractivity contribution in [2.75, 3.05) is 0 Å². The van der Waals surface area contributed by atoms with Gasteiger partial charge < -0.3 is 5.32 Å². The molecule has 1 heterocycles. The van der Waals surface area contributed by atoms with E-state index >= 15 is 0 Å². The van der Waals surface area contributed by atoms with Crippen LogP contribution in [-0.2, 0) is 0 Å². The minimum absolute atomic E-state index is 0.105. The summed E-state index contributed by atoms with van der Waals surface area (Å²) < 4.78 is 0. The maximum Gasteiger partial charge on any atom is 0.254 e. The molecule has 0 aliphatic heterocycles. The summed E-state index contributed by atoms with van der Waals surface area (Å²) in [6, 6.07) is 11.4. The molecule has 0 spiro atoms. The van der Waals surface area contributed by atoms with Crippen molar-refractivity contribution in [3.8, 4) is 0 Å². The molecule has 0 unspecified atom stereocenters. The number of nitrogens with zero attached hydrogens (tertiary/aromatic N) is 1. The maximum atomic E-state index is 12.5. The van der Waals surface area contributed by atoms with E-state index in [9.17, 15) is 4.79 Å². The van der Waals surface area contributed by atoms with Crippen LogP contribution >= 0.6 is 23.2 Å². The van der Waals surface area contributed by atoms with Crippen molar-refractivity contribution in [3.63, 3.8) is 0 Å². The highest BCUT2D eigenvalue weighted by molar-refractivity contribution is 6.32. The maximum absolute atomic E-state index is 12.5. The SMILES string of the molecule is O=C(N[C@H]1CCCC[C@@H]1c1ccc(Cl)cc1)c1cccnc1Cl. The van der Waals surface area contributed by atoms with Gasteiger partial charge >= 0.3 is 0 Å². The Bertz CT molecular complexity index is 688. The summed E-state index contributed by atoms with van der Waals surface area (Å²) in [5.41, 5.74) is 1.64. The number of hydrogen-bond donors (Lipinski definition) is 1. The van der Waals surface area contributed by atoms with Gasteiger partial charge in [0.25, 0.3) is 5.91 Å². The molecule has 23 heavy (non-hydrogen) atoms. The number of benzene rings is 1. The zero-order valence-corrected chi connectivity index (χ0v) is 14.1. The molecule has 0 bridgehead atoms. The number of aromatic nitrogens is 1.